The molecular weight excluding hydrogens is 256 g/mol. The number of benzene rings is 1. The molecule has 20 heavy (non-hydrogen) atoms. The van der Waals surface area contributed by atoms with Crippen LogP contribution in [0.3, 0.4) is 0 Å². The number of likely N-dealkylation sites (N-methyl/N-ethyl adjacent to an activating group) is 2. The maximum absolute atomic E-state index is 12.1. The van der Waals surface area contributed by atoms with Crippen molar-refractivity contribution >= 4 is 11.7 Å². The lowest BCUT2D eigenvalue weighted by atomic mass is 10.1. The summed E-state index contributed by atoms with van der Waals surface area (Å²) in [5, 5.41) is 6.65. The summed E-state index contributed by atoms with van der Waals surface area (Å²) in [6.45, 7) is 1.42. The molecule has 1 aromatic heterocycles. The highest BCUT2D eigenvalue weighted by Gasteiger charge is 2.12. The third-order valence-corrected chi connectivity index (χ3v) is 2.99. The number of nitrogens with zero attached hydrogens (tertiary/aromatic N) is 2. The molecule has 0 bridgehead atoms. The van der Waals surface area contributed by atoms with Gasteiger partial charge in [-0.3, -0.25) is 4.79 Å². The lowest BCUT2D eigenvalue weighted by molar-refractivity contribution is 0.0797. The Morgan fingerprint density at radius 3 is 2.65 bits per heavy atom. The first-order chi connectivity index (χ1) is 9.61. The Morgan fingerprint density at radius 1 is 1.40 bits per heavy atom. The van der Waals surface area contributed by atoms with Crippen molar-refractivity contribution in [1.29, 1.82) is 0 Å². The van der Waals surface area contributed by atoms with E-state index in [1.54, 1.807) is 30.1 Å². The van der Waals surface area contributed by atoms with Gasteiger partial charge in [0.1, 0.15) is 0 Å². The predicted octanol–water partition coefficient (Wildman–Crippen LogP) is 1.22. The van der Waals surface area contributed by atoms with Gasteiger partial charge in [0.05, 0.1) is 0 Å². The minimum Gasteiger partial charge on any atom is -0.381 e. The third kappa shape index (κ3) is 3.16. The van der Waals surface area contributed by atoms with E-state index in [9.17, 15) is 4.79 Å². The second kappa shape index (κ2) is 6.21. The molecule has 2 aromatic rings. The number of rotatable bonds is 5. The maximum Gasteiger partial charge on any atom is 0.253 e. The van der Waals surface area contributed by atoms with Crippen LogP contribution < -0.4 is 11.1 Å². The SMILES string of the molecule is CNCCN(C)C(=O)c1ccc(-c2cc(N)no2)cc1. The minimum atomic E-state index is -0.0103. The van der Waals surface area contributed by atoms with Gasteiger partial charge in [-0.15, -0.1) is 0 Å². The molecule has 0 unspecified atom stereocenters. The van der Waals surface area contributed by atoms with Gasteiger partial charge < -0.3 is 20.5 Å². The highest BCUT2D eigenvalue weighted by Crippen LogP contribution is 2.21. The molecule has 0 fully saturated rings. The van der Waals surface area contributed by atoms with E-state index < -0.39 is 0 Å². The van der Waals surface area contributed by atoms with Gasteiger partial charge in [-0.25, -0.2) is 0 Å². The van der Waals surface area contributed by atoms with Crippen LogP contribution in [0.25, 0.3) is 11.3 Å². The molecular formula is C14H18N4O2. The standard InChI is InChI=1S/C14H18N4O2/c1-16-7-8-18(2)14(19)11-5-3-10(4-6-11)12-9-13(15)17-20-12/h3-6,9,16H,7-8H2,1-2H3,(H2,15,17). The van der Waals surface area contributed by atoms with Crippen LogP contribution >= 0.6 is 0 Å². The summed E-state index contributed by atoms with van der Waals surface area (Å²) < 4.78 is 5.07. The number of nitrogens with one attached hydrogen (secondary N) is 1. The molecule has 0 atom stereocenters. The Kier molecular flexibility index (Phi) is 4.37. The number of hydrogen-bond donors (Lipinski definition) is 2. The van der Waals surface area contributed by atoms with E-state index in [-0.39, 0.29) is 5.91 Å². The van der Waals surface area contributed by atoms with Crippen LogP contribution in [0.15, 0.2) is 34.9 Å². The Morgan fingerprint density at radius 2 is 2.10 bits per heavy atom. The number of amides is 1. The van der Waals surface area contributed by atoms with Crippen molar-refractivity contribution in [2.24, 2.45) is 0 Å². The average Bonchev–Trinajstić information content (AvgIpc) is 2.90. The average molecular weight is 274 g/mol. The van der Waals surface area contributed by atoms with Crippen LogP contribution in [0.4, 0.5) is 5.82 Å². The van der Waals surface area contributed by atoms with E-state index in [1.165, 1.54) is 0 Å². The second-order valence-electron chi connectivity index (χ2n) is 4.52. The lowest BCUT2D eigenvalue weighted by Gasteiger charge is -2.16. The molecule has 0 radical (unpaired) electrons. The van der Waals surface area contributed by atoms with Crippen LogP contribution in [0.5, 0.6) is 0 Å². The maximum atomic E-state index is 12.1. The molecule has 6 heteroatoms. The molecule has 0 aliphatic carbocycles. The van der Waals surface area contributed by atoms with E-state index in [4.69, 9.17) is 10.3 Å². The molecule has 0 saturated carbocycles. The Hall–Kier alpha value is -2.34. The van der Waals surface area contributed by atoms with Crippen molar-refractivity contribution in [2.45, 2.75) is 0 Å². The fourth-order valence-electron chi connectivity index (χ4n) is 1.80. The van der Waals surface area contributed by atoms with Gasteiger partial charge in [0.15, 0.2) is 11.6 Å². The fourth-order valence-corrected chi connectivity index (χ4v) is 1.80. The molecule has 0 aliphatic rings. The zero-order valence-electron chi connectivity index (χ0n) is 11.6. The van der Waals surface area contributed by atoms with Crippen molar-refractivity contribution < 1.29 is 9.32 Å². The first-order valence-corrected chi connectivity index (χ1v) is 6.34. The molecule has 0 saturated heterocycles. The highest BCUT2D eigenvalue weighted by atomic mass is 16.5. The fraction of sp³-hybridized carbons (Fsp3) is 0.286. The normalized spacial score (nSPS) is 10.5. The molecule has 0 spiro atoms. The summed E-state index contributed by atoms with van der Waals surface area (Å²) >= 11 is 0. The summed E-state index contributed by atoms with van der Waals surface area (Å²) in [6, 6.07) is 8.83. The summed E-state index contributed by atoms with van der Waals surface area (Å²) in [6.07, 6.45) is 0. The smallest absolute Gasteiger partial charge is 0.253 e. The van der Waals surface area contributed by atoms with Gasteiger partial charge in [0, 0.05) is 37.3 Å². The number of carbonyl (C=O) groups excluding carboxylic acids is 1. The molecule has 1 amide bonds. The molecule has 0 aliphatic heterocycles. The number of nitrogen functional groups attached to an aromatic ring is 1. The first-order valence-electron chi connectivity index (χ1n) is 6.34. The van der Waals surface area contributed by atoms with E-state index in [0.717, 1.165) is 12.1 Å². The van der Waals surface area contributed by atoms with Crippen LogP contribution in [0.2, 0.25) is 0 Å². The van der Waals surface area contributed by atoms with Crippen LogP contribution in [0, 0.1) is 0 Å². The first kappa shape index (κ1) is 14.1. The number of hydrogen-bond acceptors (Lipinski definition) is 5. The Balaban J connectivity index is 2.10. The summed E-state index contributed by atoms with van der Waals surface area (Å²) in [4.78, 5) is 13.8. The Bertz CT molecular complexity index is 577. The zero-order chi connectivity index (χ0) is 14.5. The summed E-state index contributed by atoms with van der Waals surface area (Å²) in [7, 11) is 3.64. The van der Waals surface area contributed by atoms with E-state index in [0.29, 0.717) is 23.7 Å². The van der Waals surface area contributed by atoms with Crippen molar-refractivity contribution in [3.8, 4) is 11.3 Å². The number of aromatic nitrogens is 1. The van der Waals surface area contributed by atoms with Crippen LogP contribution in [-0.4, -0.2) is 43.1 Å². The van der Waals surface area contributed by atoms with Gasteiger partial charge >= 0.3 is 0 Å². The number of nitrogens with two attached hydrogens (primary N) is 1. The Labute approximate surface area is 117 Å². The topological polar surface area (TPSA) is 84.4 Å². The molecule has 2 rings (SSSR count). The zero-order valence-corrected chi connectivity index (χ0v) is 11.6. The van der Waals surface area contributed by atoms with Gasteiger partial charge in [-0.2, -0.15) is 0 Å². The molecule has 1 aromatic carbocycles. The van der Waals surface area contributed by atoms with Crippen LogP contribution in [0.1, 0.15) is 10.4 Å². The van der Waals surface area contributed by atoms with E-state index >= 15 is 0 Å². The number of carbonyl (C=O) groups is 1. The van der Waals surface area contributed by atoms with Gasteiger partial charge in [0.2, 0.25) is 0 Å². The highest BCUT2D eigenvalue weighted by molar-refractivity contribution is 5.94. The molecule has 106 valence electrons. The lowest BCUT2D eigenvalue weighted by Crippen LogP contribution is -2.32. The van der Waals surface area contributed by atoms with Gasteiger partial charge in [-0.05, 0) is 19.2 Å². The summed E-state index contributed by atoms with van der Waals surface area (Å²) in [5.41, 5.74) is 6.98. The number of anilines is 1. The predicted molar refractivity (Wildman–Crippen MR) is 77.2 cm³/mol. The second-order valence-corrected chi connectivity index (χ2v) is 4.52. The third-order valence-electron chi connectivity index (χ3n) is 2.99. The van der Waals surface area contributed by atoms with Gasteiger partial charge in [0.25, 0.3) is 5.91 Å². The van der Waals surface area contributed by atoms with E-state index in [2.05, 4.69) is 10.5 Å². The van der Waals surface area contributed by atoms with Crippen LogP contribution in [-0.2, 0) is 0 Å². The quantitative estimate of drug-likeness (QED) is 0.856. The monoisotopic (exact) mass is 274 g/mol. The molecule has 1 heterocycles. The molecule has 6 nitrogen and oxygen atoms in total. The van der Waals surface area contributed by atoms with Crippen molar-refractivity contribution in [3.05, 3.63) is 35.9 Å². The van der Waals surface area contributed by atoms with Crippen molar-refractivity contribution in [2.75, 3.05) is 32.9 Å². The minimum absolute atomic E-state index is 0.0103. The van der Waals surface area contributed by atoms with Crippen molar-refractivity contribution in [3.63, 3.8) is 0 Å². The molecule has 3 N–H and O–H groups in total. The summed E-state index contributed by atoms with van der Waals surface area (Å²) in [5.74, 6) is 0.917. The van der Waals surface area contributed by atoms with Crippen molar-refractivity contribution in [1.82, 2.24) is 15.4 Å². The largest absolute Gasteiger partial charge is 0.381 e. The van der Waals surface area contributed by atoms with E-state index in [1.807, 2.05) is 19.2 Å². The van der Waals surface area contributed by atoms with Gasteiger partial charge in [-0.1, -0.05) is 17.3 Å².